The summed E-state index contributed by atoms with van der Waals surface area (Å²) in [4.78, 5) is 4.66. The first-order valence-electron chi connectivity index (χ1n) is 7.06. The molecule has 0 atom stereocenters. The molecule has 1 aromatic heterocycles. The van der Waals surface area contributed by atoms with Crippen molar-refractivity contribution in [2.75, 3.05) is 6.26 Å². The quantitative estimate of drug-likeness (QED) is 0.790. The van der Waals surface area contributed by atoms with Crippen LogP contribution in [-0.4, -0.2) is 11.2 Å². The smallest absolute Gasteiger partial charge is 0.114 e. The van der Waals surface area contributed by atoms with Gasteiger partial charge in [-0.15, -0.1) is 11.8 Å². The molecule has 0 saturated heterocycles. The maximum Gasteiger partial charge on any atom is 0.114 e. The number of benzene rings is 1. The Morgan fingerprint density at radius 2 is 2.00 bits per heavy atom. The topological polar surface area (TPSA) is 36.7 Å². The van der Waals surface area contributed by atoms with Gasteiger partial charge >= 0.3 is 0 Å². The van der Waals surface area contributed by atoms with Crippen molar-refractivity contribution in [2.45, 2.75) is 24.3 Å². The van der Waals surface area contributed by atoms with Crippen LogP contribution in [0.3, 0.4) is 0 Å². The largest absolute Gasteiger partial charge is 0.245 e. The van der Waals surface area contributed by atoms with Crippen molar-refractivity contribution in [3.8, 4) is 6.07 Å². The molecule has 1 aromatic carbocycles. The second-order valence-electron chi connectivity index (χ2n) is 5.04. The van der Waals surface area contributed by atoms with Crippen LogP contribution >= 0.6 is 11.8 Å². The molecule has 0 N–H and O–H groups in total. The van der Waals surface area contributed by atoms with Gasteiger partial charge in [0.1, 0.15) is 11.1 Å². The molecule has 1 aliphatic rings. The Hall–Kier alpha value is -2.05. The first-order valence-corrected chi connectivity index (χ1v) is 8.29. The van der Waals surface area contributed by atoms with Gasteiger partial charge in [-0.25, -0.2) is 4.98 Å². The molecule has 2 aromatic rings. The summed E-state index contributed by atoms with van der Waals surface area (Å²) >= 11 is 1.55. The van der Waals surface area contributed by atoms with E-state index in [2.05, 4.69) is 35.3 Å². The molecule has 21 heavy (non-hydrogen) atoms. The molecule has 2 nitrogen and oxygen atoms in total. The van der Waals surface area contributed by atoms with Gasteiger partial charge in [0.05, 0.1) is 5.56 Å². The summed E-state index contributed by atoms with van der Waals surface area (Å²) < 4.78 is 0. The summed E-state index contributed by atoms with van der Waals surface area (Å²) in [6.07, 6.45) is 9.34. The maximum absolute atomic E-state index is 9.52. The van der Waals surface area contributed by atoms with Crippen LogP contribution in [0.2, 0.25) is 0 Å². The van der Waals surface area contributed by atoms with Gasteiger partial charge in [0.25, 0.3) is 0 Å². The first-order chi connectivity index (χ1) is 10.3. The van der Waals surface area contributed by atoms with Gasteiger partial charge in [0.2, 0.25) is 0 Å². The van der Waals surface area contributed by atoms with Gasteiger partial charge in [-0.3, -0.25) is 0 Å². The number of aryl methyl sites for hydroxylation is 1. The molecule has 1 aliphatic carbocycles. The standard InChI is InChI=1S/C18H16N2S/c1-21-18-16(12-19)14(15-8-5-9-17(15)20-18)11-10-13-6-3-2-4-7-13/h2-4,6-7,10-11H,5,8-9H2,1H3. The summed E-state index contributed by atoms with van der Waals surface area (Å²) in [5.41, 5.74) is 5.36. The normalized spacial score (nSPS) is 13.3. The molecule has 0 radical (unpaired) electrons. The van der Waals surface area contributed by atoms with Crippen LogP contribution in [-0.2, 0) is 12.8 Å². The lowest BCUT2D eigenvalue weighted by Gasteiger charge is -2.10. The lowest BCUT2D eigenvalue weighted by molar-refractivity contribution is 0.891. The second-order valence-corrected chi connectivity index (χ2v) is 5.84. The van der Waals surface area contributed by atoms with E-state index in [1.807, 2.05) is 24.5 Å². The lowest BCUT2D eigenvalue weighted by atomic mass is 10.0. The van der Waals surface area contributed by atoms with Crippen molar-refractivity contribution in [1.82, 2.24) is 4.98 Å². The Kier molecular flexibility index (Phi) is 4.08. The third-order valence-electron chi connectivity index (χ3n) is 3.78. The Morgan fingerprint density at radius 3 is 2.71 bits per heavy atom. The summed E-state index contributed by atoms with van der Waals surface area (Å²) in [6.45, 7) is 0. The second kappa shape index (κ2) is 6.15. The molecule has 0 bridgehead atoms. The van der Waals surface area contributed by atoms with E-state index in [-0.39, 0.29) is 0 Å². The predicted molar refractivity (Wildman–Crippen MR) is 88.1 cm³/mol. The molecular weight excluding hydrogens is 276 g/mol. The zero-order chi connectivity index (χ0) is 14.7. The monoisotopic (exact) mass is 292 g/mol. The molecule has 0 spiro atoms. The van der Waals surface area contributed by atoms with Crippen molar-refractivity contribution in [2.24, 2.45) is 0 Å². The summed E-state index contributed by atoms with van der Waals surface area (Å²) in [7, 11) is 0. The minimum absolute atomic E-state index is 0.718. The van der Waals surface area contributed by atoms with Crippen LogP contribution in [0.15, 0.2) is 35.4 Å². The SMILES string of the molecule is CSc1nc2c(c(C=Cc3ccccc3)c1C#N)CCC2. The Balaban J connectivity index is 2.11. The zero-order valence-corrected chi connectivity index (χ0v) is 12.8. The molecule has 0 amide bonds. The number of thioether (sulfide) groups is 1. The number of nitriles is 1. The van der Waals surface area contributed by atoms with Gasteiger partial charge in [-0.1, -0.05) is 42.5 Å². The van der Waals surface area contributed by atoms with E-state index in [4.69, 9.17) is 0 Å². The average Bonchev–Trinajstić information content (AvgIpc) is 3.00. The van der Waals surface area contributed by atoms with Crippen LogP contribution in [0.5, 0.6) is 0 Å². The van der Waals surface area contributed by atoms with E-state index in [1.54, 1.807) is 11.8 Å². The van der Waals surface area contributed by atoms with Gasteiger partial charge in [0.15, 0.2) is 0 Å². The fourth-order valence-corrected chi connectivity index (χ4v) is 3.33. The molecule has 3 heteroatoms. The van der Waals surface area contributed by atoms with E-state index in [0.29, 0.717) is 0 Å². The fourth-order valence-electron chi connectivity index (χ4n) is 2.77. The summed E-state index contributed by atoms with van der Waals surface area (Å²) in [6, 6.07) is 12.5. The van der Waals surface area contributed by atoms with Crippen LogP contribution in [0.1, 0.15) is 34.4 Å². The van der Waals surface area contributed by atoms with Crippen molar-refractivity contribution in [3.05, 3.63) is 58.3 Å². The van der Waals surface area contributed by atoms with Gasteiger partial charge in [-0.2, -0.15) is 5.26 Å². The predicted octanol–water partition coefficient (Wildman–Crippen LogP) is 4.33. The van der Waals surface area contributed by atoms with E-state index >= 15 is 0 Å². The average molecular weight is 292 g/mol. The molecule has 1 heterocycles. The van der Waals surface area contributed by atoms with Gasteiger partial charge in [-0.05, 0) is 42.2 Å². The van der Waals surface area contributed by atoms with Crippen molar-refractivity contribution in [1.29, 1.82) is 5.26 Å². The number of aromatic nitrogens is 1. The molecule has 0 unspecified atom stereocenters. The van der Waals surface area contributed by atoms with Gasteiger partial charge in [0, 0.05) is 5.69 Å². The van der Waals surface area contributed by atoms with Gasteiger partial charge < -0.3 is 0 Å². The third kappa shape index (κ3) is 2.72. The number of fused-ring (bicyclic) bond motifs is 1. The molecular formula is C18H16N2S. The number of rotatable bonds is 3. The fraction of sp³-hybridized carbons (Fsp3) is 0.222. The minimum Gasteiger partial charge on any atom is -0.245 e. The summed E-state index contributed by atoms with van der Waals surface area (Å²) in [5, 5.41) is 10.4. The molecule has 0 fully saturated rings. The molecule has 3 rings (SSSR count). The van der Waals surface area contributed by atoms with Crippen LogP contribution in [0.4, 0.5) is 0 Å². The minimum atomic E-state index is 0.718. The van der Waals surface area contributed by atoms with Crippen molar-refractivity contribution < 1.29 is 0 Å². The Labute approximate surface area is 129 Å². The van der Waals surface area contributed by atoms with Crippen molar-refractivity contribution in [3.63, 3.8) is 0 Å². The Morgan fingerprint density at radius 1 is 1.19 bits per heavy atom. The molecule has 104 valence electrons. The number of hydrogen-bond acceptors (Lipinski definition) is 3. The highest BCUT2D eigenvalue weighted by Gasteiger charge is 2.21. The molecule has 0 saturated carbocycles. The van der Waals surface area contributed by atoms with E-state index in [9.17, 15) is 5.26 Å². The number of hydrogen-bond donors (Lipinski definition) is 0. The number of pyridine rings is 1. The highest BCUT2D eigenvalue weighted by Crippen LogP contribution is 2.32. The van der Waals surface area contributed by atoms with Crippen LogP contribution < -0.4 is 0 Å². The lowest BCUT2D eigenvalue weighted by Crippen LogP contribution is -1.99. The highest BCUT2D eigenvalue weighted by molar-refractivity contribution is 7.98. The Bertz CT molecular complexity index is 727. The zero-order valence-electron chi connectivity index (χ0n) is 12.0. The van der Waals surface area contributed by atoms with Crippen LogP contribution in [0.25, 0.3) is 12.2 Å². The van der Waals surface area contributed by atoms with E-state index in [1.165, 1.54) is 11.3 Å². The highest BCUT2D eigenvalue weighted by atomic mass is 32.2. The first kappa shape index (κ1) is 13.9. The van der Waals surface area contributed by atoms with Crippen molar-refractivity contribution >= 4 is 23.9 Å². The third-order valence-corrected chi connectivity index (χ3v) is 4.46. The summed E-state index contributed by atoms with van der Waals surface area (Å²) in [5.74, 6) is 0. The number of nitrogens with zero attached hydrogens (tertiary/aromatic N) is 2. The maximum atomic E-state index is 9.52. The van der Waals surface area contributed by atoms with Crippen LogP contribution in [0, 0.1) is 11.3 Å². The van der Waals surface area contributed by atoms with E-state index in [0.717, 1.165) is 41.0 Å². The molecule has 0 aliphatic heterocycles. The van der Waals surface area contributed by atoms with E-state index < -0.39 is 0 Å².